The number of rotatable bonds is 3. The number of phenolic OH excluding ortho intramolecular Hbond substituents is 1. The van der Waals surface area contributed by atoms with Crippen LogP contribution in [0.4, 0.5) is 0 Å². The Morgan fingerprint density at radius 1 is 0.800 bits per heavy atom. The van der Waals surface area contributed by atoms with Gasteiger partial charge in [0, 0.05) is 8.95 Å². The third-order valence-corrected chi connectivity index (χ3v) is 4.52. The first-order chi connectivity index (χ1) is 12.0. The molecule has 3 rings (SSSR count). The number of aromatic hydroxyl groups is 1. The van der Waals surface area contributed by atoms with E-state index >= 15 is 0 Å². The van der Waals surface area contributed by atoms with Crippen molar-refractivity contribution in [3.8, 4) is 11.5 Å². The lowest BCUT2D eigenvalue weighted by molar-refractivity contribution is 0.304. The molecule has 2 nitrogen and oxygen atoms in total. The summed E-state index contributed by atoms with van der Waals surface area (Å²) in [5.74, 6) is 1.28. The molecule has 0 atom stereocenters. The zero-order chi connectivity index (χ0) is 18.2. The van der Waals surface area contributed by atoms with Crippen LogP contribution in [0.3, 0.4) is 0 Å². The van der Waals surface area contributed by atoms with Crippen molar-refractivity contribution in [3.63, 3.8) is 0 Å². The highest BCUT2D eigenvalue weighted by Crippen LogP contribution is 2.23. The fraction of sp³-hybridized carbons (Fsp3) is 0.143. The number of halogens is 2. The second-order valence-electron chi connectivity index (χ2n) is 5.61. The quantitative estimate of drug-likeness (QED) is 0.462. The van der Waals surface area contributed by atoms with Crippen molar-refractivity contribution in [1.82, 2.24) is 0 Å². The maximum Gasteiger partial charge on any atom is 0.122 e. The minimum atomic E-state index is 0.346. The van der Waals surface area contributed by atoms with Gasteiger partial charge in [-0.3, -0.25) is 0 Å². The third kappa shape index (κ3) is 6.56. The molecule has 0 aromatic heterocycles. The largest absolute Gasteiger partial charge is 0.508 e. The van der Waals surface area contributed by atoms with Gasteiger partial charge in [0.2, 0.25) is 0 Å². The third-order valence-electron chi connectivity index (χ3n) is 3.53. The van der Waals surface area contributed by atoms with E-state index in [4.69, 9.17) is 9.84 Å². The van der Waals surface area contributed by atoms with Crippen molar-refractivity contribution in [1.29, 1.82) is 0 Å². The molecule has 3 aromatic rings. The second-order valence-corrected chi connectivity index (χ2v) is 7.45. The SMILES string of the molecule is Cc1cc(Br)ccc1O.Cc1cc(Br)ccc1OCc1ccccc1. The molecule has 0 fully saturated rings. The summed E-state index contributed by atoms with van der Waals surface area (Å²) in [6.45, 7) is 4.52. The number of benzene rings is 3. The molecule has 0 bridgehead atoms. The minimum absolute atomic E-state index is 0.346. The lowest BCUT2D eigenvalue weighted by Gasteiger charge is -2.09. The van der Waals surface area contributed by atoms with Crippen LogP contribution in [-0.4, -0.2) is 5.11 Å². The first-order valence-corrected chi connectivity index (χ1v) is 9.42. The average Bonchev–Trinajstić information content (AvgIpc) is 2.59. The Hall–Kier alpha value is -1.78. The Morgan fingerprint density at radius 2 is 1.40 bits per heavy atom. The highest BCUT2D eigenvalue weighted by Gasteiger charge is 2.00. The van der Waals surface area contributed by atoms with Crippen molar-refractivity contribution in [2.45, 2.75) is 20.5 Å². The molecule has 0 saturated carbocycles. The molecule has 0 heterocycles. The summed E-state index contributed by atoms with van der Waals surface area (Å²) < 4.78 is 7.84. The van der Waals surface area contributed by atoms with Crippen molar-refractivity contribution in [2.75, 3.05) is 0 Å². The molecule has 4 heteroatoms. The van der Waals surface area contributed by atoms with E-state index in [9.17, 15) is 0 Å². The van der Waals surface area contributed by atoms with Crippen LogP contribution in [0.2, 0.25) is 0 Å². The lowest BCUT2D eigenvalue weighted by Crippen LogP contribution is -1.96. The summed E-state index contributed by atoms with van der Waals surface area (Å²) in [7, 11) is 0. The first kappa shape index (κ1) is 19.5. The molecule has 1 N–H and O–H groups in total. The summed E-state index contributed by atoms with van der Waals surface area (Å²) >= 11 is 6.72. The molecular weight excluding hydrogens is 444 g/mol. The number of aryl methyl sites for hydroxylation is 2. The topological polar surface area (TPSA) is 29.5 Å². The van der Waals surface area contributed by atoms with Gasteiger partial charge in [-0.25, -0.2) is 0 Å². The van der Waals surface area contributed by atoms with Crippen LogP contribution in [0.15, 0.2) is 75.7 Å². The zero-order valence-electron chi connectivity index (χ0n) is 14.2. The monoisotopic (exact) mass is 462 g/mol. The predicted octanol–water partition coefficient (Wildman–Crippen LogP) is 6.80. The number of ether oxygens (including phenoxy) is 1. The molecule has 25 heavy (non-hydrogen) atoms. The maximum absolute atomic E-state index is 9.02. The number of hydrogen-bond acceptors (Lipinski definition) is 2. The van der Waals surface area contributed by atoms with Gasteiger partial charge in [0.05, 0.1) is 0 Å². The van der Waals surface area contributed by atoms with Crippen LogP contribution in [-0.2, 0) is 6.61 Å². The van der Waals surface area contributed by atoms with Crippen LogP contribution in [0.1, 0.15) is 16.7 Å². The van der Waals surface area contributed by atoms with Gasteiger partial charge in [-0.1, -0.05) is 62.2 Å². The van der Waals surface area contributed by atoms with Crippen LogP contribution in [0.5, 0.6) is 11.5 Å². The molecule has 0 amide bonds. The molecule has 0 spiro atoms. The standard InChI is InChI=1S/C14H13BrO.C7H7BrO/c1-11-9-13(15)7-8-14(11)16-10-12-5-3-2-4-6-12;1-5-4-6(8)2-3-7(5)9/h2-9H,10H2,1H3;2-4,9H,1H3. The Balaban J connectivity index is 0.000000212. The summed E-state index contributed by atoms with van der Waals surface area (Å²) in [4.78, 5) is 0. The number of phenols is 1. The first-order valence-electron chi connectivity index (χ1n) is 7.83. The molecule has 0 aliphatic carbocycles. The van der Waals surface area contributed by atoms with Crippen LogP contribution >= 0.6 is 31.9 Å². The summed E-state index contributed by atoms with van der Waals surface area (Å²) in [6.07, 6.45) is 0. The molecule has 0 unspecified atom stereocenters. The fourth-order valence-electron chi connectivity index (χ4n) is 2.13. The Morgan fingerprint density at radius 3 is 1.96 bits per heavy atom. The molecule has 3 aromatic carbocycles. The summed E-state index contributed by atoms with van der Waals surface area (Å²) in [5, 5.41) is 9.02. The van der Waals surface area contributed by atoms with E-state index < -0.39 is 0 Å². The van der Waals surface area contributed by atoms with Gasteiger partial charge in [-0.15, -0.1) is 0 Å². The number of hydrogen-bond donors (Lipinski definition) is 1. The average molecular weight is 464 g/mol. The highest BCUT2D eigenvalue weighted by atomic mass is 79.9. The van der Waals surface area contributed by atoms with Crippen molar-refractivity contribution in [2.24, 2.45) is 0 Å². The maximum atomic E-state index is 9.02. The van der Waals surface area contributed by atoms with Crippen LogP contribution < -0.4 is 4.74 Å². The van der Waals surface area contributed by atoms with E-state index in [2.05, 4.69) is 50.1 Å². The van der Waals surface area contributed by atoms with Crippen LogP contribution in [0, 0.1) is 13.8 Å². The molecule has 0 aliphatic rings. The Kier molecular flexibility index (Phi) is 7.53. The van der Waals surface area contributed by atoms with E-state index in [-0.39, 0.29) is 0 Å². The van der Waals surface area contributed by atoms with E-state index in [1.807, 2.05) is 56.3 Å². The van der Waals surface area contributed by atoms with Gasteiger partial charge in [0.1, 0.15) is 18.1 Å². The Bertz CT molecular complexity index is 817. The van der Waals surface area contributed by atoms with Crippen molar-refractivity contribution >= 4 is 31.9 Å². The van der Waals surface area contributed by atoms with Gasteiger partial charge in [0.15, 0.2) is 0 Å². The van der Waals surface area contributed by atoms with Crippen molar-refractivity contribution in [3.05, 3.63) is 92.4 Å². The Labute approximate surface area is 165 Å². The summed E-state index contributed by atoms with van der Waals surface area (Å²) in [5.41, 5.74) is 3.22. The van der Waals surface area contributed by atoms with Gasteiger partial charge < -0.3 is 9.84 Å². The minimum Gasteiger partial charge on any atom is -0.508 e. The van der Waals surface area contributed by atoms with Gasteiger partial charge >= 0.3 is 0 Å². The van der Waals surface area contributed by atoms with Crippen molar-refractivity contribution < 1.29 is 9.84 Å². The predicted molar refractivity (Wildman–Crippen MR) is 110 cm³/mol. The highest BCUT2D eigenvalue weighted by molar-refractivity contribution is 9.10. The zero-order valence-corrected chi connectivity index (χ0v) is 17.3. The fourth-order valence-corrected chi connectivity index (χ4v) is 3.08. The molecule has 0 radical (unpaired) electrons. The lowest BCUT2D eigenvalue weighted by atomic mass is 10.2. The smallest absolute Gasteiger partial charge is 0.122 e. The van der Waals surface area contributed by atoms with Crippen LogP contribution in [0.25, 0.3) is 0 Å². The molecular formula is C21H20Br2O2. The molecule has 130 valence electrons. The van der Waals surface area contributed by atoms with E-state index in [1.54, 1.807) is 6.07 Å². The van der Waals surface area contributed by atoms with Gasteiger partial charge in [-0.05, 0) is 66.9 Å². The van der Waals surface area contributed by atoms with E-state index in [1.165, 1.54) is 5.56 Å². The van der Waals surface area contributed by atoms with E-state index in [0.717, 1.165) is 25.8 Å². The van der Waals surface area contributed by atoms with Gasteiger partial charge in [0.25, 0.3) is 0 Å². The van der Waals surface area contributed by atoms with E-state index in [0.29, 0.717) is 12.4 Å². The molecule has 0 saturated heterocycles. The second kappa shape index (κ2) is 9.64. The summed E-state index contributed by atoms with van der Waals surface area (Å²) in [6, 6.07) is 21.6. The molecule has 0 aliphatic heterocycles. The normalized spacial score (nSPS) is 9.92. The van der Waals surface area contributed by atoms with Gasteiger partial charge in [-0.2, -0.15) is 0 Å².